The SMILES string of the molecule is O=C(O)C1=NN(c2ccccc2)C(=O)C1N=Nc1ccccc1. The van der Waals surface area contributed by atoms with Gasteiger partial charge in [-0.05, 0) is 24.3 Å². The quantitative estimate of drug-likeness (QED) is 0.879. The van der Waals surface area contributed by atoms with Gasteiger partial charge in [-0.15, -0.1) is 0 Å². The van der Waals surface area contributed by atoms with Crippen molar-refractivity contribution in [1.82, 2.24) is 0 Å². The number of benzene rings is 2. The third-order valence-corrected chi connectivity index (χ3v) is 3.17. The monoisotopic (exact) mass is 308 g/mol. The summed E-state index contributed by atoms with van der Waals surface area (Å²) in [7, 11) is 0. The Kier molecular flexibility index (Phi) is 3.92. The molecule has 0 fully saturated rings. The van der Waals surface area contributed by atoms with Crippen LogP contribution in [0.3, 0.4) is 0 Å². The van der Waals surface area contributed by atoms with E-state index < -0.39 is 17.9 Å². The molecule has 1 aliphatic rings. The Labute approximate surface area is 131 Å². The van der Waals surface area contributed by atoms with Gasteiger partial charge in [-0.3, -0.25) is 4.79 Å². The zero-order valence-electron chi connectivity index (χ0n) is 11.9. The molecular formula is C16H12N4O3. The highest BCUT2D eigenvalue weighted by Gasteiger charge is 2.40. The first-order valence-electron chi connectivity index (χ1n) is 6.83. The molecule has 0 aliphatic carbocycles. The number of para-hydroxylation sites is 1. The maximum atomic E-state index is 12.4. The smallest absolute Gasteiger partial charge is 0.355 e. The summed E-state index contributed by atoms with van der Waals surface area (Å²) in [4.78, 5) is 23.8. The van der Waals surface area contributed by atoms with Gasteiger partial charge in [0.2, 0.25) is 6.04 Å². The predicted octanol–water partition coefficient (Wildman–Crippen LogP) is 2.63. The predicted molar refractivity (Wildman–Crippen MR) is 83.7 cm³/mol. The maximum absolute atomic E-state index is 12.4. The zero-order chi connectivity index (χ0) is 16.2. The molecule has 23 heavy (non-hydrogen) atoms. The van der Waals surface area contributed by atoms with Crippen molar-refractivity contribution in [3.8, 4) is 0 Å². The molecule has 0 bridgehead atoms. The van der Waals surface area contributed by atoms with Crippen LogP contribution in [-0.4, -0.2) is 28.7 Å². The van der Waals surface area contributed by atoms with Crippen molar-refractivity contribution in [1.29, 1.82) is 0 Å². The van der Waals surface area contributed by atoms with Crippen LogP contribution >= 0.6 is 0 Å². The number of amides is 1. The molecule has 0 radical (unpaired) electrons. The standard InChI is InChI=1S/C16H12N4O3/c21-15-13(18-17-11-7-3-1-4-8-11)14(16(22)23)19-20(15)12-9-5-2-6-10-12/h1-10,13H,(H,22,23). The van der Waals surface area contributed by atoms with Gasteiger partial charge in [0.1, 0.15) is 0 Å². The highest BCUT2D eigenvalue weighted by atomic mass is 16.4. The average Bonchev–Trinajstić information content (AvgIpc) is 2.92. The van der Waals surface area contributed by atoms with Gasteiger partial charge in [0, 0.05) is 0 Å². The molecule has 0 saturated heterocycles. The fourth-order valence-corrected chi connectivity index (χ4v) is 2.08. The van der Waals surface area contributed by atoms with Gasteiger partial charge < -0.3 is 5.11 Å². The summed E-state index contributed by atoms with van der Waals surface area (Å²) < 4.78 is 0. The number of azo groups is 1. The third-order valence-electron chi connectivity index (χ3n) is 3.17. The lowest BCUT2D eigenvalue weighted by Crippen LogP contribution is -2.32. The van der Waals surface area contributed by atoms with Crippen molar-refractivity contribution in [2.45, 2.75) is 6.04 Å². The largest absolute Gasteiger partial charge is 0.477 e. The van der Waals surface area contributed by atoms with Crippen LogP contribution in [0.15, 0.2) is 76.0 Å². The van der Waals surface area contributed by atoms with Crippen molar-refractivity contribution in [3.05, 3.63) is 60.7 Å². The van der Waals surface area contributed by atoms with Crippen LogP contribution in [0.4, 0.5) is 11.4 Å². The molecule has 7 heteroatoms. The molecule has 1 atom stereocenters. The fraction of sp³-hybridized carbons (Fsp3) is 0.0625. The Hall–Kier alpha value is -3.35. The molecule has 1 aliphatic heterocycles. The van der Waals surface area contributed by atoms with Crippen LogP contribution in [0.25, 0.3) is 0 Å². The molecule has 0 saturated carbocycles. The first-order valence-corrected chi connectivity index (χ1v) is 6.83. The van der Waals surface area contributed by atoms with Crippen molar-refractivity contribution < 1.29 is 14.7 Å². The molecule has 7 nitrogen and oxygen atoms in total. The average molecular weight is 308 g/mol. The number of nitrogens with zero attached hydrogens (tertiary/aromatic N) is 4. The number of aliphatic carboxylic acids is 1. The summed E-state index contributed by atoms with van der Waals surface area (Å²) in [6.07, 6.45) is 0. The third kappa shape index (κ3) is 2.98. The number of hydrogen-bond donors (Lipinski definition) is 1. The van der Waals surface area contributed by atoms with E-state index >= 15 is 0 Å². The van der Waals surface area contributed by atoms with Crippen LogP contribution in [0.5, 0.6) is 0 Å². The Balaban J connectivity index is 1.91. The molecule has 1 unspecified atom stereocenters. The van der Waals surface area contributed by atoms with Gasteiger partial charge in [-0.2, -0.15) is 20.3 Å². The maximum Gasteiger partial charge on any atom is 0.355 e. The second kappa shape index (κ2) is 6.18. The van der Waals surface area contributed by atoms with Crippen LogP contribution in [0.2, 0.25) is 0 Å². The van der Waals surface area contributed by atoms with E-state index in [1.54, 1.807) is 54.6 Å². The molecule has 1 amide bonds. The molecule has 1 heterocycles. The summed E-state index contributed by atoms with van der Waals surface area (Å²) >= 11 is 0. The van der Waals surface area contributed by atoms with Gasteiger partial charge in [-0.1, -0.05) is 36.4 Å². The number of carboxylic acid groups (broad SMARTS) is 1. The summed E-state index contributed by atoms with van der Waals surface area (Å²) in [5.74, 6) is -1.85. The molecule has 114 valence electrons. The van der Waals surface area contributed by atoms with E-state index in [4.69, 9.17) is 0 Å². The van der Waals surface area contributed by atoms with E-state index in [2.05, 4.69) is 15.3 Å². The van der Waals surface area contributed by atoms with E-state index in [1.165, 1.54) is 0 Å². The molecule has 2 aromatic rings. The lowest BCUT2D eigenvalue weighted by atomic mass is 10.2. The molecule has 2 aromatic carbocycles. The number of hydrogen-bond acceptors (Lipinski definition) is 5. The number of carbonyl (C=O) groups excluding carboxylic acids is 1. The van der Waals surface area contributed by atoms with Gasteiger partial charge in [-0.25, -0.2) is 4.79 Å². The minimum atomic E-state index is -1.30. The van der Waals surface area contributed by atoms with Crippen molar-refractivity contribution in [2.75, 3.05) is 5.01 Å². The summed E-state index contributed by atoms with van der Waals surface area (Å²) in [6.45, 7) is 0. The number of carboxylic acids is 1. The Morgan fingerprint density at radius 3 is 2.26 bits per heavy atom. The van der Waals surface area contributed by atoms with Crippen molar-refractivity contribution in [2.24, 2.45) is 15.3 Å². The first kappa shape index (κ1) is 14.6. The molecule has 3 rings (SSSR count). The van der Waals surface area contributed by atoms with Crippen LogP contribution in [0, 0.1) is 0 Å². The molecular weight excluding hydrogens is 296 g/mol. The highest BCUT2D eigenvalue weighted by molar-refractivity contribution is 6.45. The summed E-state index contributed by atoms with van der Waals surface area (Å²) in [6, 6.07) is 16.1. The number of carbonyl (C=O) groups is 2. The van der Waals surface area contributed by atoms with E-state index in [0.717, 1.165) is 5.01 Å². The zero-order valence-corrected chi connectivity index (χ0v) is 11.9. The Morgan fingerprint density at radius 1 is 1.04 bits per heavy atom. The lowest BCUT2D eigenvalue weighted by Gasteiger charge is -2.11. The Morgan fingerprint density at radius 2 is 1.65 bits per heavy atom. The topological polar surface area (TPSA) is 94.7 Å². The number of hydrazone groups is 1. The fourth-order valence-electron chi connectivity index (χ4n) is 2.08. The number of anilines is 1. The van der Waals surface area contributed by atoms with Crippen molar-refractivity contribution in [3.63, 3.8) is 0 Å². The second-order valence-corrected chi connectivity index (χ2v) is 4.73. The molecule has 0 spiro atoms. The highest BCUT2D eigenvalue weighted by Crippen LogP contribution is 2.23. The van der Waals surface area contributed by atoms with Crippen LogP contribution in [-0.2, 0) is 9.59 Å². The van der Waals surface area contributed by atoms with E-state index in [9.17, 15) is 14.7 Å². The first-order chi connectivity index (χ1) is 11.2. The van der Waals surface area contributed by atoms with Crippen LogP contribution in [0.1, 0.15) is 0 Å². The second-order valence-electron chi connectivity index (χ2n) is 4.73. The van der Waals surface area contributed by atoms with Crippen molar-refractivity contribution >= 4 is 29.0 Å². The van der Waals surface area contributed by atoms with Crippen LogP contribution < -0.4 is 5.01 Å². The summed E-state index contributed by atoms with van der Waals surface area (Å²) in [5.41, 5.74) is 0.662. The van der Waals surface area contributed by atoms with E-state index in [-0.39, 0.29) is 5.71 Å². The minimum absolute atomic E-state index is 0.349. The lowest BCUT2D eigenvalue weighted by molar-refractivity contribution is -0.130. The van der Waals surface area contributed by atoms with E-state index in [1.807, 2.05) is 6.07 Å². The van der Waals surface area contributed by atoms with Gasteiger partial charge in [0.25, 0.3) is 5.91 Å². The minimum Gasteiger partial charge on any atom is -0.477 e. The van der Waals surface area contributed by atoms with E-state index in [0.29, 0.717) is 11.4 Å². The van der Waals surface area contributed by atoms with Gasteiger partial charge >= 0.3 is 5.97 Å². The van der Waals surface area contributed by atoms with Gasteiger partial charge in [0.05, 0.1) is 11.4 Å². The normalized spacial score (nSPS) is 17.6. The number of rotatable bonds is 4. The van der Waals surface area contributed by atoms with Gasteiger partial charge in [0.15, 0.2) is 5.71 Å². The summed E-state index contributed by atoms with van der Waals surface area (Å²) in [5, 5.41) is 22.0. The molecule has 1 N–H and O–H groups in total. The Bertz CT molecular complexity index is 787. The molecule has 0 aromatic heterocycles.